The Morgan fingerprint density at radius 3 is 2.54 bits per heavy atom. The summed E-state index contributed by atoms with van der Waals surface area (Å²) in [5, 5.41) is 6.38. The first-order chi connectivity index (χ1) is 13.3. The number of amides is 1. The third-order valence-corrected chi connectivity index (χ3v) is 4.11. The lowest BCUT2D eigenvalue weighted by atomic mass is 10.1. The zero-order valence-electron chi connectivity index (χ0n) is 14.4. The highest BCUT2D eigenvalue weighted by Crippen LogP contribution is 2.32. The quantitative estimate of drug-likeness (QED) is 0.631. The van der Waals surface area contributed by atoms with Crippen molar-refractivity contribution in [2.75, 3.05) is 11.9 Å². The molecular formula is C19H15ClF3N3O2. The number of hydrogen-bond acceptors (Lipinski definition) is 3. The first-order valence-electron chi connectivity index (χ1n) is 8.21. The van der Waals surface area contributed by atoms with Gasteiger partial charge in [-0.15, -0.1) is 0 Å². The Kier molecular flexibility index (Phi) is 5.89. The van der Waals surface area contributed by atoms with Gasteiger partial charge >= 0.3 is 6.18 Å². The van der Waals surface area contributed by atoms with Crippen molar-refractivity contribution in [3.05, 3.63) is 77.1 Å². The van der Waals surface area contributed by atoms with Crippen molar-refractivity contribution in [1.29, 1.82) is 0 Å². The van der Waals surface area contributed by atoms with Crippen LogP contribution in [-0.4, -0.2) is 22.3 Å². The van der Waals surface area contributed by atoms with Crippen molar-refractivity contribution in [1.82, 2.24) is 9.78 Å². The number of aromatic nitrogens is 2. The van der Waals surface area contributed by atoms with Gasteiger partial charge in [0.15, 0.2) is 0 Å². The van der Waals surface area contributed by atoms with E-state index in [-0.39, 0.29) is 10.6 Å². The van der Waals surface area contributed by atoms with E-state index in [0.717, 1.165) is 18.2 Å². The fraction of sp³-hybridized carbons (Fsp3) is 0.158. The molecule has 2 aromatic carbocycles. The predicted octanol–water partition coefficient (Wildman–Crippen LogP) is 4.89. The van der Waals surface area contributed by atoms with Gasteiger partial charge in [-0.2, -0.15) is 18.3 Å². The lowest BCUT2D eigenvalue weighted by molar-refractivity contribution is -0.137. The minimum absolute atomic E-state index is 0.0470. The summed E-state index contributed by atoms with van der Waals surface area (Å²) in [6, 6.07) is 11.0. The number of rotatable bonds is 6. The number of halogens is 4. The van der Waals surface area contributed by atoms with Gasteiger partial charge in [-0.25, -0.2) is 0 Å². The van der Waals surface area contributed by atoms with Crippen LogP contribution in [0.2, 0.25) is 5.02 Å². The summed E-state index contributed by atoms with van der Waals surface area (Å²) in [6.07, 6.45) is -1.01. The highest BCUT2D eigenvalue weighted by atomic mass is 35.5. The number of hydrogen-bond donors (Lipinski definition) is 1. The molecule has 3 rings (SSSR count). The third kappa shape index (κ3) is 5.04. The monoisotopic (exact) mass is 409 g/mol. The van der Waals surface area contributed by atoms with Crippen molar-refractivity contribution >= 4 is 23.2 Å². The van der Waals surface area contributed by atoms with Crippen molar-refractivity contribution < 1.29 is 22.7 Å². The molecule has 0 bridgehead atoms. The minimum Gasteiger partial charge on any atom is -0.492 e. The number of carbonyl (C=O) groups is 1. The average molecular weight is 410 g/mol. The summed E-state index contributed by atoms with van der Waals surface area (Å²) in [7, 11) is 0. The topological polar surface area (TPSA) is 56.1 Å². The van der Waals surface area contributed by atoms with Crippen LogP contribution in [0.4, 0.5) is 18.9 Å². The Morgan fingerprint density at radius 1 is 1.18 bits per heavy atom. The number of ether oxygens (including phenoxy) is 1. The van der Waals surface area contributed by atoms with Crippen molar-refractivity contribution in [3.8, 4) is 5.75 Å². The van der Waals surface area contributed by atoms with Crippen LogP contribution >= 0.6 is 11.6 Å². The van der Waals surface area contributed by atoms with Crippen LogP contribution in [0.15, 0.2) is 60.9 Å². The van der Waals surface area contributed by atoms with E-state index in [9.17, 15) is 18.0 Å². The number of nitrogens with one attached hydrogen (secondary N) is 1. The summed E-state index contributed by atoms with van der Waals surface area (Å²) in [4.78, 5) is 12.3. The van der Waals surface area contributed by atoms with Crippen LogP contribution in [0.5, 0.6) is 5.75 Å². The molecule has 0 saturated heterocycles. The molecule has 146 valence electrons. The summed E-state index contributed by atoms with van der Waals surface area (Å²) >= 11 is 5.83. The maximum atomic E-state index is 12.7. The molecule has 1 heterocycles. The third-order valence-electron chi connectivity index (χ3n) is 3.80. The molecule has 0 radical (unpaired) electrons. The minimum atomic E-state index is -4.52. The smallest absolute Gasteiger partial charge is 0.416 e. The highest BCUT2D eigenvalue weighted by molar-refractivity contribution is 6.34. The van der Waals surface area contributed by atoms with Gasteiger partial charge in [0.05, 0.1) is 22.7 Å². The summed E-state index contributed by atoms with van der Waals surface area (Å²) in [6.45, 7) is 1.02. The van der Waals surface area contributed by atoms with Gasteiger partial charge in [-0.3, -0.25) is 9.48 Å². The van der Waals surface area contributed by atoms with Crippen LogP contribution in [0.25, 0.3) is 0 Å². The Hall–Kier alpha value is -3.00. The summed E-state index contributed by atoms with van der Waals surface area (Å²) in [5.41, 5.74) is -0.500. The Labute approximate surface area is 163 Å². The van der Waals surface area contributed by atoms with Gasteiger partial charge in [0.2, 0.25) is 0 Å². The molecule has 5 nitrogen and oxygen atoms in total. The molecule has 1 N–H and O–H groups in total. The SMILES string of the molecule is O=C(Nc1ccc(OCCn2cccn2)cc1)c1ccc(C(F)(F)F)cc1Cl. The molecule has 0 aliphatic rings. The molecule has 0 aliphatic heterocycles. The van der Waals surface area contributed by atoms with Crippen molar-refractivity contribution in [2.24, 2.45) is 0 Å². The predicted molar refractivity (Wildman–Crippen MR) is 98.6 cm³/mol. The van der Waals surface area contributed by atoms with Crippen molar-refractivity contribution in [2.45, 2.75) is 12.7 Å². The Morgan fingerprint density at radius 2 is 1.93 bits per heavy atom. The molecule has 0 fully saturated rings. The van der Waals surface area contributed by atoms with E-state index in [1.165, 1.54) is 0 Å². The molecule has 1 amide bonds. The molecule has 0 atom stereocenters. The van der Waals surface area contributed by atoms with Crippen LogP contribution in [0.3, 0.4) is 0 Å². The Balaban J connectivity index is 1.58. The molecule has 0 saturated carbocycles. The average Bonchev–Trinajstić information content (AvgIpc) is 3.15. The molecule has 9 heteroatoms. The van der Waals surface area contributed by atoms with Crippen LogP contribution in [0.1, 0.15) is 15.9 Å². The van der Waals surface area contributed by atoms with E-state index in [2.05, 4.69) is 10.4 Å². The maximum absolute atomic E-state index is 12.7. The molecule has 1 aromatic heterocycles. The second-order valence-electron chi connectivity index (χ2n) is 5.79. The molecule has 0 spiro atoms. The van der Waals surface area contributed by atoms with E-state index in [1.54, 1.807) is 35.1 Å². The van der Waals surface area contributed by atoms with Gasteiger partial charge in [-0.1, -0.05) is 11.6 Å². The van der Waals surface area contributed by atoms with E-state index in [4.69, 9.17) is 16.3 Å². The zero-order valence-corrected chi connectivity index (χ0v) is 15.2. The van der Waals surface area contributed by atoms with Gasteiger partial charge in [0, 0.05) is 18.1 Å². The fourth-order valence-electron chi connectivity index (χ4n) is 2.40. The Bertz CT molecular complexity index is 942. The van der Waals surface area contributed by atoms with Gasteiger partial charge < -0.3 is 10.1 Å². The molecule has 3 aromatic rings. The second kappa shape index (κ2) is 8.35. The second-order valence-corrected chi connectivity index (χ2v) is 6.20. The first kappa shape index (κ1) is 19.8. The fourth-order valence-corrected chi connectivity index (χ4v) is 2.66. The standard InChI is InChI=1S/C19H15ClF3N3O2/c20-17-12-13(19(21,22)23)2-7-16(17)18(27)25-14-3-5-15(6-4-14)28-11-10-26-9-1-8-24-26/h1-9,12H,10-11H2,(H,25,27). The molecular weight excluding hydrogens is 395 g/mol. The lowest BCUT2D eigenvalue weighted by Gasteiger charge is -2.11. The lowest BCUT2D eigenvalue weighted by Crippen LogP contribution is -2.14. The largest absolute Gasteiger partial charge is 0.492 e. The number of anilines is 1. The van der Waals surface area contributed by atoms with E-state index >= 15 is 0 Å². The van der Waals surface area contributed by atoms with E-state index < -0.39 is 17.6 Å². The van der Waals surface area contributed by atoms with Crippen molar-refractivity contribution in [3.63, 3.8) is 0 Å². The van der Waals surface area contributed by atoms with Gasteiger partial charge in [0.25, 0.3) is 5.91 Å². The van der Waals surface area contributed by atoms with Crippen LogP contribution < -0.4 is 10.1 Å². The normalized spacial score (nSPS) is 11.3. The number of carbonyl (C=O) groups excluding carboxylic acids is 1. The maximum Gasteiger partial charge on any atom is 0.416 e. The van der Waals surface area contributed by atoms with Gasteiger partial charge in [-0.05, 0) is 48.5 Å². The van der Waals surface area contributed by atoms with E-state index in [1.807, 2.05) is 12.3 Å². The number of benzene rings is 2. The van der Waals surface area contributed by atoms with Crippen LogP contribution in [0, 0.1) is 0 Å². The molecule has 0 unspecified atom stereocenters. The van der Waals surface area contributed by atoms with E-state index in [0.29, 0.717) is 24.6 Å². The highest BCUT2D eigenvalue weighted by Gasteiger charge is 2.31. The first-order valence-corrected chi connectivity index (χ1v) is 8.59. The summed E-state index contributed by atoms with van der Waals surface area (Å²) in [5.74, 6) is 0.00351. The number of alkyl halides is 3. The summed E-state index contributed by atoms with van der Waals surface area (Å²) < 4.78 is 45.4. The molecule has 0 aliphatic carbocycles. The number of nitrogens with zero attached hydrogens (tertiary/aromatic N) is 2. The zero-order chi connectivity index (χ0) is 20.1. The molecule has 28 heavy (non-hydrogen) atoms. The van der Waals surface area contributed by atoms with Crippen LogP contribution in [-0.2, 0) is 12.7 Å². The van der Waals surface area contributed by atoms with Gasteiger partial charge in [0.1, 0.15) is 12.4 Å².